The van der Waals surface area contributed by atoms with Crippen molar-refractivity contribution < 1.29 is 19.1 Å². The van der Waals surface area contributed by atoms with Crippen LogP contribution in [0.4, 0.5) is 0 Å². The maximum Gasteiger partial charge on any atom is 0.339 e. The van der Waals surface area contributed by atoms with Gasteiger partial charge in [-0.2, -0.15) is 0 Å². The van der Waals surface area contributed by atoms with Gasteiger partial charge in [-0.1, -0.05) is 6.07 Å². The van der Waals surface area contributed by atoms with Crippen LogP contribution in [-0.4, -0.2) is 29.8 Å². The van der Waals surface area contributed by atoms with Crippen molar-refractivity contribution in [1.82, 2.24) is 4.98 Å². The van der Waals surface area contributed by atoms with Crippen LogP contribution in [0.5, 0.6) is 0 Å². The van der Waals surface area contributed by atoms with Gasteiger partial charge >= 0.3 is 5.97 Å². The van der Waals surface area contributed by atoms with Gasteiger partial charge in [-0.05, 0) is 12.1 Å². The first kappa shape index (κ1) is 10.6. The van der Waals surface area contributed by atoms with Crippen molar-refractivity contribution in [3.8, 4) is 0 Å². The quantitative estimate of drug-likeness (QED) is 0.850. The molecule has 16 heavy (non-hydrogen) atoms. The highest BCUT2D eigenvalue weighted by molar-refractivity contribution is 5.99. The number of aromatic nitrogens is 1. The lowest BCUT2D eigenvalue weighted by atomic mass is 10.2. The normalized spacial score (nSPS) is 10.8. The summed E-state index contributed by atoms with van der Waals surface area (Å²) in [5, 5.41) is 8.96. The fourth-order valence-corrected chi connectivity index (χ4v) is 1.46. The summed E-state index contributed by atoms with van der Waals surface area (Å²) in [6.45, 7) is 0.495. The number of hydrogen-bond acceptors (Lipinski definition) is 4. The molecule has 84 valence electrons. The number of hydrogen-bond donors (Lipinski definition) is 1. The van der Waals surface area contributed by atoms with Gasteiger partial charge in [-0.3, -0.25) is 0 Å². The minimum Gasteiger partial charge on any atom is -0.478 e. The Morgan fingerprint density at radius 1 is 1.56 bits per heavy atom. The number of para-hydroxylation sites is 1. The van der Waals surface area contributed by atoms with Crippen LogP contribution in [0.15, 0.2) is 22.6 Å². The molecule has 0 atom stereocenters. The van der Waals surface area contributed by atoms with Crippen molar-refractivity contribution in [3.05, 3.63) is 29.7 Å². The average Bonchev–Trinajstić information content (AvgIpc) is 2.68. The van der Waals surface area contributed by atoms with Gasteiger partial charge in [0.05, 0.1) is 6.61 Å². The predicted octanol–water partition coefficient (Wildman–Crippen LogP) is 1.71. The zero-order valence-corrected chi connectivity index (χ0v) is 8.77. The molecular formula is C11H11NO4. The SMILES string of the molecule is COCCc1nc2cccc(C(=O)O)c2o1. The van der Waals surface area contributed by atoms with Crippen LogP contribution in [0.2, 0.25) is 0 Å². The molecule has 0 aliphatic rings. The van der Waals surface area contributed by atoms with E-state index in [2.05, 4.69) is 4.98 Å². The van der Waals surface area contributed by atoms with Crippen molar-refractivity contribution >= 4 is 17.1 Å². The predicted molar refractivity (Wildman–Crippen MR) is 56.5 cm³/mol. The molecule has 0 radical (unpaired) electrons. The Balaban J connectivity index is 2.44. The number of carboxylic acids is 1. The first-order valence-corrected chi connectivity index (χ1v) is 4.83. The number of ether oxygens (including phenoxy) is 1. The second-order valence-corrected chi connectivity index (χ2v) is 3.31. The summed E-state index contributed by atoms with van der Waals surface area (Å²) in [6, 6.07) is 4.87. The molecule has 1 heterocycles. The van der Waals surface area contributed by atoms with Crippen LogP contribution >= 0.6 is 0 Å². The lowest BCUT2D eigenvalue weighted by Crippen LogP contribution is -1.95. The maximum atomic E-state index is 10.9. The van der Waals surface area contributed by atoms with Crippen molar-refractivity contribution in [2.45, 2.75) is 6.42 Å². The van der Waals surface area contributed by atoms with Gasteiger partial charge in [0, 0.05) is 13.5 Å². The number of benzene rings is 1. The van der Waals surface area contributed by atoms with E-state index in [1.165, 1.54) is 6.07 Å². The van der Waals surface area contributed by atoms with E-state index in [1.807, 2.05) is 0 Å². The van der Waals surface area contributed by atoms with E-state index in [-0.39, 0.29) is 5.56 Å². The number of oxazole rings is 1. The number of nitrogens with zero attached hydrogens (tertiary/aromatic N) is 1. The van der Waals surface area contributed by atoms with Crippen molar-refractivity contribution in [2.75, 3.05) is 13.7 Å². The molecule has 5 heteroatoms. The molecule has 0 spiro atoms. The van der Waals surface area contributed by atoms with E-state index in [0.29, 0.717) is 30.0 Å². The maximum absolute atomic E-state index is 10.9. The van der Waals surface area contributed by atoms with Crippen molar-refractivity contribution in [3.63, 3.8) is 0 Å². The largest absolute Gasteiger partial charge is 0.478 e. The Labute approximate surface area is 91.7 Å². The van der Waals surface area contributed by atoms with E-state index in [9.17, 15) is 4.79 Å². The number of fused-ring (bicyclic) bond motifs is 1. The third-order valence-electron chi connectivity index (χ3n) is 2.21. The van der Waals surface area contributed by atoms with Crippen LogP contribution in [0, 0.1) is 0 Å². The van der Waals surface area contributed by atoms with Crippen LogP contribution < -0.4 is 0 Å². The van der Waals surface area contributed by atoms with E-state index in [4.69, 9.17) is 14.3 Å². The molecule has 1 N–H and O–H groups in total. The zero-order valence-electron chi connectivity index (χ0n) is 8.77. The molecular weight excluding hydrogens is 210 g/mol. The number of methoxy groups -OCH3 is 1. The summed E-state index contributed by atoms with van der Waals surface area (Å²) < 4.78 is 10.3. The van der Waals surface area contributed by atoms with Crippen LogP contribution in [-0.2, 0) is 11.2 Å². The smallest absolute Gasteiger partial charge is 0.339 e. The second kappa shape index (κ2) is 4.32. The van der Waals surface area contributed by atoms with E-state index >= 15 is 0 Å². The molecule has 1 aromatic heterocycles. The molecule has 0 unspecified atom stereocenters. The van der Waals surface area contributed by atoms with Crippen LogP contribution in [0.3, 0.4) is 0 Å². The van der Waals surface area contributed by atoms with Crippen LogP contribution in [0.25, 0.3) is 11.1 Å². The minimum atomic E-state index is -1.01. The Morgan fingerprint density at radius 2 is 2.38 bits per heavy atom. The lowest BCUT2D eigenvalue weighted by molar-refractivity contribution is 0.0698. The van der Waals surface area contributed by atoms with E-state index in [0.717, 1.165) is 0 Å². The van der Waals surface area contributed by atoms with Crippen LogP contribution in [0.1, 0.15) is 16.2 Å². The summed E-state index contributed by atoms with van der Waals surface area (Å²) in [7, 11) is 1.59. The van der Waals surface area contributed by atoms with E-state index in [1.54, 1.807) is 19.2 Å². The molecule has 0 aliphatic carbocycles. The standard InChI is InChI=1S/C11H11NO4/c1-15-6-5-9-12-8-4-2-3-7(11(13)14)10(8)16-9/h2-4H,5-6H2,1H3,(H,13,14). The Hall–Kier alpha value is -1.88. The fourth-order valence-electron chi connectivity index (χ4n) is 1.46. The molecule has 0 fully saturated rings. The van der Waals surface area contributed by atoms with Crippen molar-refractivity contribution in [2.24, 2.45) is 0 Å². The van der Waals surface area contributed by atoms with Gasteiger partial charge in [0.1, 0.15) is 11.1 Å². The molecule has 5 nitrogen and oxygen atoms in total. The molecule has 2 rings (SSSR count). The zero-order chi connectivity index (χ0) is 11.5. The molecule has 0 amide bonds. The third kappa shape index (κ3) is 1.90. The Bertz CT molecular complexity index is 518. The number of carbonyl (C=O) groups is 1. The second-order valence-electron chi connectivity index (χ2n) is 3.31. The van der Waals surface area contributed by atoms with Gasteiger partial charge < -0.3 is 14.3 Å². The molecule has 1 aromatic carbocycles. The summed E-state index contributed by atoms with van der Waals surface area (Å²) in [5.74, 6) is -0.523. The molecule has 0 aliphatic heterocycles. The first-order valence-electron chi connectivity index (χ1n) is 4.83. The lowest BCUT2D eigenvalue weighted by Gasteiger charge is -1.93. The number of rotatable bonds is 4. The summed E-state index contributed by atoms with van der Waals surface area (Å²) >= 11 is 0. The topological polar surface area (TPSA) is 72.6 Å². The highest BCUT2D eigenvalue weighted by atomic mass is 16.5. The molecule has 0 saturated heterocycles. The van der Waals surface area contributed by atoms with Gasteiger partial charge in [0.2, 0.25) is 0 Å². The number of carboxylic acid groups (broad SMARTS) is 1. The van der Waals surface area contributed by atoms with Gasteiger partial charge in [-0.25, -0.2) is 9.78 Å². The number of aromatic carboxylic acids is 1. The van der Waals surface area contributed by atoms with Gasteiger partial charge in [-0.15, -0.1) is 0 Å². The summed E-state index contributed by atoms with van der Waals surface area (Å²) in [6.07, 6.45) is 0.532. The van der Waals surface area contributed by atoms with E-state index < -0.39 is 5.97 Å². The molecule has 0 saturated carbocycles. The minimum absolute atomic E-state index is 0.133. The van der Waals surface area contributed by atoms with Gasteiger partial charge in [0.25, 0.3) is 0 Å². The van der Waals surface area contributed by atoms with Crippen molar-refractivity contribution in [1.29, 1.82) is 0 Å². The molecule has 2 aromatic rings. The van der Waals surface area contributed by atoms with Gasteiger partial charge in [0.15, 0.2) is 11.5 Å². The average molecular weight is 221 g/mol. The monoisotopic (exact) mass is 221 g/mol. The first-order chi connectivity index (χ1) is 7.72. The summed E-state index contributed by atoms with van der Waals surface area (Å²) in [5.41, 5.74) is 1.01. The fraction of sp³-hybridized carbons (Fsp3) is 0.273. The Kier molecular flexibility index (Phi) is 2.87. The summed E-state index contributed by atoms with van der Waals surface area (Å²) in [4.78, 5) is 15.1. The highest BCUT2D eigenvalue weighted by Crippen LogP contribution is 2.20. The Morgan fingerprint density at radius 3 is 3.06 bits per heavy atom. The third-order valence-corrected chi connectivity index (χ3v) is 2.21. The highest BCUT2D eigenvalue weighted by Gasteiger charge is 2.14. The molecule has 0 bridgehead atoms.